The van der Waals surface area contributed by atoms with Crippen molar-refractivity contribution >= 4 is 28.9 Å². The summed E-state index contributed by atoms with van der Waals surface area (Å²) in [6.07, 6.45) is 3.97. The highest BCUT2D eigenvalue weighted by Crippen LogP contribution is 2.29. The third-order valence-corrected chi connectivity index (χ3v) is 5.29. The first kappa shape index (κ1) is 18.1. The Bertz CT molecular complexity index is 714. The lowest BCUT2D eigenvalue weighted by Crippen LogP contribution is -2.34. The zero-order chi connectivity index (χ0) is 17.9. The molecule has 2 aromatic heterocycles. The molecule has 0 saturated heterocycles. The molecule has 1 N–H and O–H groups in total. The van der Waals surface area contributed by atoms with Gasteiger partial charge in [0.25, 0.3) is 0 Å². The van der Waals surface area contributed by atoms with E-state index in [1.165, 1.54) is 6.33 Å². The normalized spacial score (nSPS) is 11.9. The van der Waals surface area contributed by atoms with Crippen LogP contribution in [0.3, 0.4) is 0 Å². The molecular weight excluding hydrogens is 324 g/mol. The highest BCUT2D eigenvalue weighted by molar-refractivity contribution is 7.11. The molecular formula is C16H24N6OS. The number of carbonyl (C=O) groups excluding carboxylic acids is 1. The van der Waals surface area contributed by atoms with Crippen molar-refractivity contribution in [2.24, 2.45) is 0 Å². The quantitative estimate of drug-likeness (QED) is 0.899. The second-order valence-electron chi connectivity index (χ2n) is 5.78. The topological polar surface area (TPSA) is 74.2 Å². The summed E-state index contributed by atoms with van der Waals surface area (Å²) in [5.41, 5.74) is 1.57. The molecule has 0 aliphatic heterocycles. The Kier molecular flexibility index (Phi) is 5.71. The number of nitrogens with zero attached hydrogens (tertiary/aromatic N) is 5. The number of rotatable bonds is 5. The summed E-state index contributed by atoms with van der Waals surface area (Å²) in [7, 11) is 5.53. The number of aromatic nitrogens is 3. The molecule has 2 rings (SSSR count). The number of aryl methyl sites for hydroxylation is 2. The Morgan fingerprint density at radius 3 is 2.67 bits per heavy atom. The van der Waals surface area contributed by atoms with Gasteiger partial charge >= 0.3 is 6.03 Å². The number of hydrogen-bond donors (Lipinski definition) is 1. The van der Waals surface area contributed by atoms with Gasteiger partial charge in [0.05, 0.1) is 22.9 Å². The number of urea groups is 1. The van der Waals surface area contributed by atoms with Crippen molar-refractivity contribution < 1.29 is 4.79 Å². The van der Waals surface area contributed by atoms with E-state index in [2.05, 4.69) is 27.2 Å². The summed E-state index contributed by atoms with van der Waals surface area (Å²) in [5.74, 6) is 0.668. The van der Waals surface area contributed by atoms with E-state index >= 15 is 0 Å². The van der Waals surface area contributed by atoms with Crippen molar-refractivity contribution in [3.63, 3.8) is 0 Å². The smallest absolute Gasteiger partial charge is 0.322 e. The van der Waals surface area contributed by atoms with Crippen molar-refractivity contribution in [2.75, 3.05) is 31.4 Å². The molecule has 2 amide bonds. The van der Waals surface area contributed by atoms with E-state index in [1.54, 1.807) is 29.5 Å². The lowest BCUT2D eigenvalue weighted by Gasteiger charge is -2.25. The van der Waals surface area contributed by atoms with E-state index in [0.717, 1.165) is 22.0 Å². The van der Waals surface area contributed by atoms with Crippen LogP contribution in [0.25, 0.3) is 0 Å². The average Bonchev–Trinajstić information content (AvgIpc) is 2.94. The first-order valence-electron chi connectivity index (χ1n) is 7.82. The number of nitrogens with one attached hydrogen (secondary N) is 1. The molecule has 24 heavy (non-hydrogen) atoms. The fourth-order valence-corrected chi connectivity index (χ4v) is 3.43. The molecule has 0 saturated carbocycles. The predicted octanol–water partition coefficient (Wildman–Crippen LogP) is 3.09. The number of anilines is 2. The number of thiazole rings is 1. The maximum absolute atomic E-state index is 12.6. The lowest BCUT2D eigenvalue weighted by atomic mass is 10.2. The summed E-state index contributed by atoms with van der Waals surface area (Å²) >= 11 is 1.66. The Hall–Kier alpha value is -2.22. The van der Waals surface area contributed by atoms with Crippen LogP contribution >= 0.6 is 11.3 Å². The van der Waals surface area contributed by atoms with Gasteiger partial charge in [0, 0.05) is 26.0 Å². The van der Waals surface area contributed by atoms with Gasteiger partial charge in [0.1, 0.15) is 12.0 Å². The van der Waals surface area contributed by atoms with E-state index in [1.807, 2.05) is 32.8 Å². The van der Waals surface area contributed by atoms with Crippen LogP contribution in [-0.4, -0.2) is 47.0 Å². The Morgan fingerprint density at radius 1 is 1.38 bits per heavy atom. The molecule has 0 bridgehead atoms. The minimum Gasteiger partial charge on any atom is -0.361 e. The van der Waals surface area contributed by atoms with Gasteiger partial charge in [-0.25, -0.2) is 19.7 Å². The zero-order valence-corrected chi connectivity index (χ0v) is 15.8. The van der Waals surface area contributed by atoms with Crippen molar-refractivity contribution in [3.05, 3.63) is 28.1 Å². The second kappa shape index (κ2) is 7.57. The monoisotopic (exact) mass is 348 g/mol. The first-order chi connectivity index (χ1) is 11.3. The summed E-state index contributed by atoms with van der Waals surface area (Å²) < 4.78 is 0. The molecule has 2 aromatic rings. The van der Waals surface area contributed by atoms with Gasteiger partial charge in [0.2, 0.25) is 0 Å². The van der Waals surface area contributed by atoms with Gasteiger partial charge < -0.3 is 15.1 Å². The van der Waals surface area contributed by atoms with E-state index in [-0.39, 0.29) is 12.1 Å². The van der Waals surface area contributed by atoms with Crippen molar-refractivity contribution in [1.29, 1.82) is 0 Å². The molecule has 0 aliphatic rings. The minimum absolute atomic E-state index is 0.0600. The van der Waals surface area contributed by atoms with E-state index in [9.17, 15) is 4.79 Å². The SMILES string of the molecule is CCc1nc(C)c([C@H](C)N(C)C(=O)Nc2cncnc2N(C)C)s1. The largest absolute Gasteiger partial charge is 0.361 e. The zero-order valence-electron chi connectivity index (χ0n) is 15.0. The third-order valence-electron chi connectivity index (χ3n) is 3.82. The fourth-order valence-electron chi connectivity index (χ4n) is 2.33. The molecule has 0 fully saturated rings. The summed E-state index contributed by atoms with van der Waals surface area (Å²) in [6.45, 7) is 6.08. The first-order valence-corrected chi connectivity index (χ1v) is 8.64. The Balaban J connectivity index is 2.16. The van der Waals surface area contributed by atoms with Gasteiger partial charge in [-0.15, -0.1) is 11.3 Å². The highest BCUT2D eigenvalue weighted by atomic mass is 32.1. The van der Waals surface area contributed by atoms with E-state index < -0.39 is 0 Å². The summed E-state index contributed by atoms with van der Waals surface area (Å²) in [5, 5.41) is 3.98. The summed E-state index contributed by atoms with van der Waals surface area (Å²) in [6, 6.07) is -0.263. The van der Waals surface area contributed by atoms with Crippen LogP contribution < -0.4 is 10.2 Å². The Labute approximate surface area is 146 Å². The average molecular weight is 348 g/mol. The van der Waals surface area contributed by atoms with Crippen LogP contribution in [0.15, 0.2) is 12.5 Å². The van der Waals surface area contributed by atoms with Crippen molar-refractivity contribution in [3.8, 4) is 0 Å². The number of carbonyl (C=O) groups is 1. The van der Waals surface area contributed by atoms with Crippen LogP contribution in [0.5, 0.6) is 0 Å². The predicted molar refractivity (Wildman–Crippen MR) is 97.8 cm³/mol. The van der Waals surface area contributed by atoms with Crippen LogP contribution in [0.2, 0.25) is 0 Å². The standard InChI is InChI=1S/C16H24N6OS/c1-7-13-19-10(2)14(24-13)11(3)22(6)16(23)20-12-8-17-9-18-15(12)21(4)5/h8-9,11H,7H2,1-6H3,(H,20,23)/t11-/m0/s1. The number of amides is 2. The molecule has 1 atom stereocenters. The maximum atomic E-state index is 12.6. The van der Waals surface area contributed by atoms with Crippen molar-refractivity contribution in [1.82, 2.24) is 19.9 Å². The van der Waals surface area contributed by atoms with Gasteiger partial charge in [-0.05, 0) is 20.3 Å². The van der Waals surface area contributed by atoms with Gasteiger partial charge in [0.15, 0.2) is 5.82 Å². The van der Waals surface area contributed by atoms with E-state index in [0.29, 0.717) is 11.5 Å². The van der Waals surface area contributed by atoms with Crippen LogP contribution in [-0.2, 0) is 6.42 Å². The molecule has 0 radical (unpaired) electrons. The third kappa shape index (κ3) is 3.81. The molecule has 0 unspecified atom stereocenters. The molecule has 2 heterocycles. The molecule has 130 valence electrons. The van der Waals surface area contributed by atoms with Gasteiger partial charge in [-0.2, -0.15) is 0 Å². The molecule has 0 aliphatic carbocycles. The maximum Gasteiger partial charge on any atom is 0.322 e. The molecule has 0 spiro atoms. The molecule has 0 aromatic carbocycles. The van der Waals surface area contributed by atoms with Crippen LogP contribution in [0.1, 0.15) is 35.5 Å². The second-order valence-corrected chi connectivity index (χ2v) is 6.90. The fraction of sp³-hybridized carbons (Fsp3) is 0.500. The van der Waals surface area contributed by atoms with E-state index in [4.69, 9.17) is 0 Å². The van der Waals surface area contributed by atoms with Crippen LogP contribution in [0.4, 0.5) is 16.3 Å². The highest BCUT2D eigenvalue weighted by Gasteiger charge is 2.22. The van der Waals surface area contributed by atoms with Gasteiger partial charge in [-0.1, -0.05) is 6.92 Å². The minimum atomic E-state index is -0.203. The molecule has 7 nitrogen and oxygen atoms in total. The van der Waals surface area contributed by atoms with Crippen LogP contribution in [0, 0.1) is 6.92 Å². The molecule has 8 heteroatoms. The van der Waals surface area contributed by atoms with Crippen molar-refractivity contribution in [2.45, 2.75) is 33.2 Å². The Morgan fingerprint density at radius 2 is 2.08 bits per heavy atom. The summed E-state index contributed by atoms with van der Waals surface area (Å²) in [4.78, 5) is 30.0. The number of hydrogen-bond acceptors (Lipinski definition) is 6. The lowest BCUT2D eigenvalue weighted by molar-refractivity contribution is 0.209. The van der Waals surface area contributed by atoms with Gasteiger partial charge in [-0.3, -0.25) is 0 Å².